The van der Waals surface area contributed by atoms with Gasteiger partial charge in [0.25, 0.3) is 5.91 Å². The van der Waals surface area contributed by atoms with Crippen molar-refractivity contribution >= 4 is 5.91 Å². The Balaban J connectivity index is 2.32. The average Bonchev–Trinajstić information content (AvgIpc) is 2.37. The van der Waals surface area contributed by atoms with Crippen LogP contribution in [0.25, 0.3) is 0 Å². The zero-order chi connectivity index (χ0) is 13.4. The topological polar surface area (TPSA) is 38.3 Å². The van der Waals surface area contributed by atoms with Gasteiger partial charge in [-0.1, -0.05) is 39.3 Å². The highest BCUT2D eigenvalue weighted by Gasteiger charge is 2.03. The molecule has 0 atom stereocenters. The zero-order valence-corrected chi connectivity index (χ0v) is 11.5. The van der Waals surface area contributed by atoms with Crippen molar-refractivity contribution in [2.45, 2.75) is 39.5 Å². The summed E-state index contributed by atoms with van der Waals surface area (Å²) >= 11 is 0. The number of rotatable bonds is 7. The number of amides is 1. The van der Waals surface area contributed by atoms with Crippen LogP contribution in [-0.4, -0.2) is 19.1 Å². The molecule has 0 fully saturated rings. The number of hydrogen-bond donors (Lipinski definition) is 1. The second kappa shape index (κ2) is 7.75. The van der Waals surface area contributed by atoms with E-state index in [1.165, 1.54) is 5.56 Å². The van der Waals surface area contributed by atoms with E-state index < -0.39 is 0 Å². The van der Waals surface area contributed by atoms with Crippen LogP contribution in [0.4, 0.5) is 0 Å². The quantitative estimate of drug-likeness (QED) is 0.754. The third kappa shape index (κ3) is 5.21. The number of hydrogen-bond acceptors (Lipinski definition) is 2. The van der Waals surface area contributed by atoms with E-state index in [9.17, 15) is 4.79 Å². The summed E-state index contributed by atoms with van der Waals surface area (Å²) in [5.74, 6) is 1.19. The molecule has 1 aromatic carbocycles. The predicted molar refractivity (Wildman–Crippen MR) is 73.9 cm³/mol. The molecular weight excluding hydrogens is 226 g/mol. The molecule has 0 bridgehead atoms. The maximum atomic E-state index is 11.4. The molecule has 0 radical (unpaired) electrons. The first-order chi connectivity index (χ1) is 8.63. The van der Waals surface area contributed by atoms with Crippen molar-refractivity contribution in [3.05, 3.63) is 29.8 Å². The maximum absolute atomic E-state index is 11.4. The second-order valence-corrected chi connectivity index (χ2v) is 4.72. The Bertz CT molecular complexity index is 357. The molecule has 0 aliphatic carbocycles. The third-order valence-electron chi connectivity index (χ3n) is 2.77. The van der Waals surface area contributed by atoms with Gasteiger partial charge in [-0.15, -0.1) is 0 Å². The Morgan fingerprint density at radius 2 is 1.94 bits per heavy atom. The lowest BCUT2D eigenvalue weighted by atomic mass is 10.0. The molecule has 3 heteroatoms. The molecule has 1 rings (SSSR count). The lowest BCUT2D eigenvalue weighted by Crippen LogP contribution is -2.29. The molecule has 0 spiro atoms. The molecule has 100 valence electrons. The van der Waals surface area contributed by atoms with E-state index in [0.29, 0.717) is 5.92 Å². The molecule has 1 N–H and O–H groups in total. The molecular formula is C15H23NO2. The minimum Gasteiger partial charge on any atom is -0.484 e. The number of nitrogens with one attached hydrogen (secondary N) is 1. The largest absolute Gasteiger partial charge is 0.484 e. The van der Waals surface area contributed by atoms with Gasteiger partial charge in [-0.3, -0.25) is 4.79 Å². The number of unbranched alkanes of at least 4 members (excludes halogenated alkanes) is 1. The predicted octanol–water partition coefficient (Wildman–Crippen LogP) is 3.11. The smallest absolute Gasteiger partial charge is 0.257 e. The van der Waals surface area contributed by atoms with Crippen LogP contribution in [0.3, 0.4) is 0 Å². The fourth-order valence-corrected chi connectivity index (χ4v) is 1.55. The summed E-state index contributed by atoms with van der Waals surface area (Å²) in [5, 5.41) is 2.82. The highest BCUT2D eigenvalue weighted by atomic mass is 16.5. The maximum Gasteiger partial charge on any atom is 0.257 e. The number of benzene rings is 1. The minimum absolute atomic E-state index is 0.0589. The molecule has 0 aliphatic rings. The molecule has 0 heterocycles. The third-order valence-corrected chi connectivity index (χ3v) is 2.77. The van der Waals surface area contributed by atoms with Gasteiger partial charge < -0.3 is 10.1 Å². The van der Waals surface area contributed by atoms with Gasteiger partial charge in [0.05, 0.1) is 0 Å². The SMILES string of the molecule is CCCCNC(=O)COc1ccc(C(C)C)cc1. The van der Waals surface area contributed by atoms with Crippen LogP contribution >= 0.6 is 0 Å². The van der Waals surface area contributed by atoms with Gasteiger partial charge in [-0.25, -0.2) is 0 Å². The second-order valence-electron chi connectivity index (χ2n) is 4.72. The van der Waals surface area contributed by atoms with E-state index in [4.69, 9.17) is 4.74 Å². The van der Waals surface area contributed by atoms with E-state index in [1.807, 2.05) is 24.3 Å². The fourth-order valence-electron chi connectivity index (χ4n) is 1.55. The molecule has 18 heavy (non-hydrogen) atoms. The van der Waals surface area contributed by atoms with Crippen LogP contribution in [0.5, 0.6) is 5.75 Å². The van der Waals surface area contributed by atoms with Crippen molar-refractivity contribution in [2.24, 2.45) is 0 Å². The van der Waals surface area contributed by atoms with Crippen LogP contribution in [0.1, 0.15) is 45.1 Å². The number of carbonyl (C=O) groups is 1. The first kappa shape index (κ1) is 14.6. The molecule has 0 unspecified atom stereocenters. The summed E-state index contributed by atoms with van der Waals surface area (Å²) in [5.41, 5.74) is 1.27. The van der Waals surface area contributed by atoms with E-state index >= 15 is 0 Å². The first-order valence-electron chi connectivity index (χ1n) is 6.63. The Kier molecular flexibility index (Phi) is 6.26. The summed E-state index contributed by atoms with van der Waals surface area (Å²) in [4.78, 5) is 11.4. The molecule has 0 saturated carbocycles. The molecule has 1 aromatic rings. The van der Waals surface area contributed by atoms with E-state index in [-0.39, 0.29) is 12.5 Å². The lowest BCUT2D eigenvalue weighted by molar-refractivity contribution is -0.123. The molecule has 0 aromatic heterocycles. The van der Waals surface area contributed by atoms with Crippen LogP contribution in [0.15, 0.2) is 24.3 Å². The van der Waals surface area contributed by atoms with Crippen molar-refractivity contribution in [1.29, 1.82) is 0 Å². The van der Waals surface area contributed by atoms with Gasteiger partial charge in [-0.05, 0) is 30.0 Å². The van der Waals surface area contributed by atoms with Gasteiger partial charge >= 0.3 is 0 Å². The Hall–Kier alpha value is -1.51. The van der Waals surface area contributed by atoms with Crippen molar-refractivity contribution in [3.63, 3.8) is 0 Å². The summed E-state index contributed by atoms with van der Waals surface area (Å²) in [6.07, 6.45) is 2.09. The fraction of sp³-hybridized carbons (Fsp3) is 0.533. The molecule has 3 nitrogen and oxygen atoms in total. The van der Waals surface area contributed by atoms with E-state index in [2.05, 4.69) is 26.1 Å². The minimum atomic E-state index is -0.0589. The average molecular weight is 249 g/mol. The number of ether oxygens (including phenoxy) is 1. The van der Waals surface area contributed by atoms with Crippen LogP contribution in [0, 0.1) is 0 Å². The molecule has 1 amide bonds. The Labute approximate surface area is 110 Å². The van der Waals surface area contributed by atoms with Gasteiger partial charge in [0.2, 0.25) is 0 Å². The highest BCUT2D eigenvalue weighted by molar-refractivity contribution is 5.77. The van der Waals surface area contributed by atoms with E-state index in [1.54, 1.807) is 0 Å². The van der Waals surface area contributed by atoms with Crippen molar-refractivity contribution < 1.29 is 9.53 Å². The molecule has 0 aliphatic heterocycles. The van der Waals surface area contributed by atoms with Gasteiger partial charge in [0.1, 0.15) is 5.75 Å². The Morgan fingerprint density at radius 3 is 2.50 bits per heavy atom. The summed E-state index contributed by atoms with van der Waals surface area (Å²) in [7, 11) is 0. The first-order valence-corrected chi connectivity index (χ1v) is 6.63. The monoisotopic (exact) mass is 249 g/mol. The van der Waals surface area contributed by atoms with Crippen LogP contribution in [-0.2, 0) is 4.79 Å². The van der Waals surface area contributed by atoms with Crippen LogP contribution in [0.2, 0.25) is 0 Å². The number of carbonyl (C=O) groups excluding carboxylic acids is 1. The normalized spacial score (nSPS) is 10.4. The van der Waals surface area contributed by atoms with Gasteiger partial charge in [0, 0.05) is 6.54 Å². The highest BCUT2D eigenvalue weighted by Crippen LogP contribution is 2.18. The van der Waals surface area contributed by atoms with Crippen molar-refractivity contribution in [2.75, 3.05) is 13.2 Å². The van der Waals surface area contributed by atoms with Crippen molar-refractivity contribution in [1.82, 2.24) is 5.32 Å². The Morgan fingerprint density at radius 1 is 1.28 bits per heavy atom. The van der Waals surface area contributed by atoms with Crippen LogP contribution < -0.4 is 10.1 Å². The standard InChI is InChI=1S/C15H23NO2/c1-4-5-10-16-15(17)11-18-14-8-6-13(7-9-14)12(2)3/h6-9,12H,4-5,10-11H2,1-3H3,(H,16,17). The van der Waals surface area contributed by atoms with Crippen molar-refractivity contribution in [3.8, 4) is 5.75 Å². The van der Waals surface area contributed by atoms with Gasteiger partial charge in [-0.2, -0.15) is 0 Å². The summed E-state index contributed by atoms with van der Waals surface area (Å²) in [6.45, 7) is 7.21. The van der Waals surface area contributed by atoms with Gasteiger partial charge in [0.15, 0.2) is 6.61 Å². The summed E-state index contributed by atoms with van der Waals surface area (Å²) in [6, 6.07) is 7.90. The zero-order valence-electron chi connectivity index (χ0n) is 11.5. The lowest BCUT2D eigenvalue weighted by Gasteiger charge is -2.09. The van der Waals surface area contributed by atoms with E-state index in [0.717, 1.165) is 25.1 Å². The molecule has 0 saturated heterocycles. The summed E-state index contributed by atoms with van der Waals surface area (Å²) < 4.78 is 5.42.